The van der Waals surface area contributed by atoms with E-state index in [9.17, 15) is 4.79 Å². The van der Waals surface area contributed by atoms with Crippen molar-refractivity contribution in [3.8, 4) is 0 Å². The van der Waals surface area contributed by atoms with E-state index in [1.807, 2.05) is 0 Å². The summed E-state index contributed by atoms with van der Waals surface area (Å²) in [6.07, 6.45) is 7.26. The minimum Gasteiger partial charge on any atom is -0.355 e. The molecule has 0 aromatic rings. The number of hydrogen-bond donors (Lipinski definition) is 1. The van der Waals surface area contributed by atoms with Crippen LogP contribution >= 0.6 is 0 Å². The van der Waals surface area contributed by atoms with Crippen LogP contribution in [0.15, 0.2) is 12.2 Å². The largest absolute Gasteiger partial charge is 0.355 e. The molecule has 1 aliphatic rings. The van der Waals surface area contributed by atoms with Crippen molar-refractivity contribution in [2.24, 2.45) is 5.92 Å². The van der Waals surface area contributed by atoms with Crippen molar-refractivity contribution in [2.45, 2.75) is 33.1 Å². The standard InChI is InChI=1S/C13H24N2O/c1-3-15(4-2)11-10-14-13(16)12-8-6-5-7-9-12/h5-6,12H,3-4,7-11H2,1-2H3,(H,14,16). The number of carbonyl (C=O) groups excluding carboxylic acids is 1. The van der Waals surface area contributed by atoms with Crippen LogP contribution in [-0.4, -0.2) is 37.0 Å². The van der Waals surface area contributed by atoms with Crippen LogP contribution in [0.2, 0.25) is 0 Å². The highest BCUT2D eigenvalue weighted by Crippen LogP contribution is 2.17. The molecule has 1 rings (SSSR count). The predicted molar refractivity (Wildman–Crippen MR) is 67.3 cm³/mol. The van der Waals surface area contributed by atoms with Gasteiger partial charge < -0.3 is 10.2 Å². The summed E-state index contributed by atoms with van der Waals surface area (Å²) in [7, 11) is 0. The first kappa shape index (κ1) is 13.2. The Bertz CT molecular complexity index is 234. The molecule has 0 radical (unpaired) electrons. The molecule has 1 N–H and O–H groups in total. The highest BCUT2D eigenvalue weighted by atomic mass is 16.1. The maximum absolute atomic E-state index is 11.8. The van der Waals surface area contributed by atoms with Gasteiger partial charge in [0.25, 0.3) is 0 Å². The molecule has 1 unspecified atom stereocenters. The number of rotatable bonds is 6. The van der Waals surface area contributed by atoms with Crippen molar-refractivity contribution in [3.63, 3.8) is 0 Å². The molecule has 92 valence electrons. The van der Waals surface area contributed by atoms with Gasteiger partial charge in [-0.25, -0.2) is 0 Å². The summed E-state index contributed by atoms with van der Waals surface area (Å²) < 4.78 is 0. The first-order valence-corrected chi connectivity index (χ1v) is 6.43. The molecule has 0 fully saturated rings. The number of carbonyl (C=O) groups is 1. The maximum atomic E-state index is 11.8. The van der Waals surface area contributed by atoms with Crippen molar-refractivity contribution in [1.29, 1.82) is 0 Å². The summed E-state index contributed by atoms with van der Waals surface area (Å²) in [6.45, 7) is 8.15. The third kappa shape index (κ3) is 4.35. The van der Waals surface area contributed by atoms with Gasteiger partial charge in [0.2, 0.25) is 5.91 Å². The van der Waals surface area contributed by atoms with Crippen LogP contribution < -0.4 is 5.32 Å². The number of amides is 1. The molecule has 1 amide bonds. The number of likely N-dealkylation sites (N-methyl/N-ethyl adjacent to an activating group) is 1. The molecule has 1 aliphatic carbocycles. The fourth-order valence-electron chi connectivity index (χ4n) is 2.05. The van der Waals surface area contributed by atoms with Crippen LogP contribution in [0.5, 0.6) is 0 Å². The first-order chi connectivity index (χ1) is 7.77. The maximum Gasteiger partial charge on any atom is 0.223 e. The number of nitrogens with one attached hydrogen (secondary N) is 1. The summed E-state index contributed by atoms with van der Waals surface area (Å²) in [5.74, 6) is 0.443. The molecular formula is C13H24N2O. The zero-order chi connectivity index (χ0) is 11.8. The summed E-state index contributed by atoms with van der Waals surface area (Å²) >= 11 is 0. The molecule has 3 heteroatoms. The fourth-order valence-corrected chi connectivity index (χ4v) is 2.05. The molecule has 0 saturated heterocycles. The Morgan fingerprint density at radius 3 is 2.69 bits per heavy atom. The van der Waals surface area contributed by atoms with Crippen LogP contribution in [0.1, 0.15) is 33.1 Å². The van der Waals surface area contributed by atoms with Crippen molar-refractivity contribution < 1.29 is 4.79 Å². The van der Waals surface area contributed by atoms with Gasteiger partial charge in [0.1, 0.15) is 0 Å². The zero-order valence-electron chi connectivity index (χ0n) is 10.5. The Morgan fingerprint density at radius 2 is 2.12 bits per heavy atom. The van der Waals surface area contributed by atoms with Crippen LogP contribution in [-0.2, 0) is 4.79 Å². The van der Waals surface area contributed by atoms with Crippen molar-refractivity contribution in [1.82, 2.24) is 10.2 Å². The van der Waals surface area contributed by atoms with Gasteiger partial charge in [0, 0.05) is 19.0 Å². The zero-order valence-corrected chi connectivity index (χ0v) is 10.5. The van der Waals surface area contributed by atoms with E-state index in [4.69, 9.17) is 0 Å². The lowest BCUT2D eigenvalue weighted by molar-refractivity contribution is -0.125. The van der Waals surface area contributed by atoms with Crippen LogP contribution in [0.4, 0.5) is 0 Å². The molecular weight excluding hydrogens is 200 g/mol. The smallest absolute Gasteiger partial charge is 0.223 e. The second-order valence-electron chi connectivity index (χ2n) is 4.30. The Hall–Kier alpha value is -0.830. The fraction of sp³-hybridized carbons (Fsp3) is 0.769. The SMILES string of the molecule is CCN(CC)CCNC(=O)C1CC=CCC1. The highest BCUT2D eigenvalue weighted by Gasteiger charge is 2.17. The van der Waals surface area contributed by atoms with E-state index in [0.29, 0.717) is 0 Å². The molecule has 16 heavy (non-hydrogen) atoms. The molecule has 0 aromatic heterocycles. The normalized spacial score (nSPS) is 20.1. The lowest BCUT2D eigenvalue weighted by Gasteiger charge is -2.20. The topological polar surface area (TPSA) is 32.3 Å². The van der Waals surface area contributed by atoms with Gasteiger partial charge in [-0.3, -0.25) is 4.79 Å². The number of nitrogens with zero attached hydrogens (tertiary/aromatic N) is 1. The first-order valence-electron chi connectivity index (χ1n) is 6.43. The van der Waals surface area contributed by atoms with E-state index >= 15 is 0 Å². The van der Waals surface area contributed by atoms with Gasteiger partial charge in [-0.05, 0) is 32.4 Å². The average Bonchev–Trinajstić information content (AvgIpc) is 2.35. The van der Waals surface area contributed by atoms with Gasteiger partial charge in [-0.2, -0.15) is 0 Å². The Balaban J connectivity index is 2.17. The van der Waals surface area contributed by atoms with Gasteiger partial charge in [0.15, 0.2) is 0 Å². The van der Waals surface area contributed by atoms with E-state index in [-0.39, 0.29) is 11.8 Å². The van der Waals surface area contributed by atoms with Crippen LogP contribution in [0, 0.1) is 5.92 Å². The molecule has 0 heterocycles. The summed E-state index contributed by atoms with van der Waals surface area (Å²) in [5, 5.41) is 3.04. The second kappa shape index (κ2) is 7.44. The summed E-state index contributed by atoms with van der Waals surface area (Å²) in [5.41, 5.74) is 0. The van der Waals surface area contributed by atoms with Crippen LogP contribution in [0.25, 0.3) is 0 Å². The van der Waals surface area contributed by atoms with E-state index < -0.39 is 0 Å². The average molecular weight is 224 g/mol. The molecule has 0 bridgehead atoms. The van der Waals surface area contributed by atoms with E-state index in [1.165, 1.54) is 0 Å². The van der Waals surface area contributed by atoms with E-state index in [2.05, 4.69) is 36.2 Å². The second-order valence-corrected chi connectivity index (χ2v) is 4.30. The molecule has 3 nitrogen and oxygen atoms in total. The van der Waals surface area contributed by atoms with Crippen LogP contribution in [0.3, 0.4) is 0 Å². The Labute approximate surface area is 98.9 Å². The predicted octanol–water partition coefficient (Wildman–Crippen LogP) is 1.80. The number of hydrogen-bond acceptors (Lipinski definition) is 2. The minimum atomic E-state index is 0.210. The highest BCUT2D eigenvalue weighted by molar-refractivity contribution is 5.78. The van der Waals surface area contributed by atoms with Gasteiger partial charge in [-0.15, -0.1) is 0 Å². The van der Waals surface area contributed by atoms with Gasteiger partial charge >= 0.3 is 0 Å². The Kier molecular flexibility index (Phi) is 6.16. The lowest BCUT2D eigenvalue weighted by Crippen LogP contribution is -2.37. The molecule has 0 aliphatic heterocycles. The van der Waals surface area contributed by atoms with Gasteiger partial charge in [-0.1, -0.05) is 26.0 Å². The molecule has 1 atom stereocenters. The van der Waals surface area contributed by atoms with Crippen molar-refractivity contribution in [3.05, 3.63) is 12.2 Å². The Morgan fingerprint density at radius 1 is 1.38 bits per heavy atom. The summed E-state index contributed by atoms with van der Waals surface area (Å²) in [6, 6.07) is 0. The molecule has 0 spiro atoms. The third-order valence-corrected chi connectivity index (χ3v) is 3.26. The van der Waals surface area contributed by atoms with E-state index in [0.717, 1.165) is 45.4 Å². The molecule has 0 saturated carbocycles. The van der Waals surface area contributed by atoms with Crippen molar-refractivity contribution in [2.75, 3.05) is 26.2 Å². The van der Waals surface area contributed by atoms with E-state index in [1.54, 1.807) is 0 Å². The van der Waals surface area contributed by atoms with Crippen molar-refractivity contribution >= 4 is 5.91 Å². The monoisotopic (exact) mass is 224 g/mol. The van der Waals surface area contributed by atoms with Gasteiger partial charge in [0.05, 0.1) is 0 Å². The number of allylic oxidation sites excluding steroid dienone is 2. The summed E-state index contributed by atoms with van der Waals surface area (Å²) in [4.78, 5) is 14.1. The third-order valence-electron chi connectivity index (χ3n) is 3.26. The lowest BCUT2D eigenvalue weighted by atomic mass is 9.94. The minimum absolute atomic E-state index is 0.210. The quantitative estimate of drug-likeness (QED) is 0.698. The molecule has 0 aromatic carbocycles.